The number of hydrogen-bond donors (Lipinski definition) is 0. The number of para-hydroxylation sites is 3. The van der Waals surface area contributed by atoms with Crippen LogP contribution in [-0.4, -0.2) is 26.9 Å². The quantitative estimate of drug-likeness (QED) is 0.178. The highest BCUT2D eigenvalue weighted by molar-refractivity contribution is 7.11. The first kappa shape index (κ1) is 23.9. The lowest BCUT2D eigenvalue weighted by Crippen LogP contribution is -2.25. The molecule has 184 valence electrons. The van der Waals surface area contributed by atoms with Gasteiger partial charge in [-0.3, -0.25) is 9.36 Å². The molecule has 5 rings (SSSR count). The molecule has 0 atom stereocenters. The Kier molecular flexibility index (Phi) is 5.96. The first-order valence-electron chi connectivity index (χ1n) is 11.2. The van der Waals surface area contributed by atoms with E-state index in [1.54, 1.807) is 68.6 Å². The second kappa shape index (κ2) is 8.98. The predicted molar refractivity (Wildman–Crippen MR) is 134 cm³/mol. The third-order valence-electron chi connectivity index (χ3n) is 5.52. The Bertz CT molecular complexity index is 1570. The Balaban J connectivity index is 1.61. The van der Waals surface area contributed by atoms with Crippen LogP contribution < -0.4 is 0 Å². The van der Waals surface area contributed by atoms with E-state index in [0.29, 0.717) is 16.0 Å². The molecule has 36 heavy (non-hydrogen) atoms. The zero-order valence-corrected chi connectivity index (χ0v) is 20.6. The van der Waals surface area contributed by atoms with Crippen LogP contribution in [0.1, 0.15) is 53.1 Å². The van der Waals surface area contributed by atoms with Crippen LogP contribution in [-0.2, 0) is 11.2 Å². The molecule has 0 amide bonds. The van der Waals surface area contributed by atoms with E-state index in [1.807, 2.05) is 12.1 Å². The Labute approximate surface area is 209 Å². The van der Waals surface area contributed by atoms with E-state index in [-0.39, 0.29) is 40.4 Å². The number of nitrogens with zero attached hydrogens (tertiary/aromatic N) is 2. The summed E-state index contributed by atoms with van der Waals surface area (Å²) in [6, 6.07) is 15.4. The molecule has 0 N–H and O–H groups in total. The van der Waals surface area contributed by atoms with Crippen molar-refractivity contribution in [3.63, 3.8) is 0 Å². The molecule has 0 aliphatic rings. The van der Waals surface area contributed by atoms with Gasteiger partial charge >= 0.3 is 12.5 Å². The number of carbonyl (C=O) groups is 2. The van der Waals surface area contributed by atoms with Crippen molar-refractivity contribution < 1.29 is 27.5 Å². The van der Waals surface area contributed by atoms with Gasteiger partial charge in [0.1, 0.15) is 17.0 Å². The summed E-state index contributed by atoms with van der Waals surface area (Å²) < 4.78 is 40.4. The first-order chi connectivity index (χ1) is 17.1. The smallest absolute Gasteiger partial charge is 0.340 e. The molecule has 0 bridgehead atoms. The van der Waals surface area contributed by atoms with Gasteiger partial charge in [0.05, 0.1) is 16.6 Å². The van der Waals surface area contributed by atoms with Crippen LogP contribution in [0.3, 0.4) is 0 Å². The predicted octanol–water partition coefficient (Wildman–Crippen LogP) is 7.29. The van der Waals surface area contributed by atoms with Gasteiger partial charge in [-0.1, -0.05) is 30.3 Å². The molecule has 0 spiro atoms. The van der Waals surface area contributed by atoms with Gasteiger partial charge in [0.25, 0.3) is 0 Å². The van der Waals surface area contributed by atoms with Crippen molar-refractivity contribution in [2.75, 3.05) is 0 Å². The Hall–Kier alpha value is -3.85. The van der Waals surface area contributed by atoms with Gasteiger partial charge in [0, 0.05) is 27.6 Å². The average molecular weight is 509 g/mol. The molecule has 3 aromatic heterocycles. The monoisotopic (exact) mass is 508 g/mol. The number of imidazole rings is 1. The second-order valence-corrected chi connectivity index (χ2v) is 10.2. The van der Waals surface area contributed by atoms with E-state index in [4.69, 9.17) is 9.15 Å². The topological polar surface area (TPSA) is 74.3 Å². The summed E-state index contributed by atoms with van der Waals surface area (Å²) in [7, 11) is 0. The third kappa shape index (κ3) is 4.42. The summed E-state index contributed by atoms with van der Waals surface area (Å²) in [5.74, 6) is -0.961. The number of ether oxygens (including phenoxy) is 1. The van der Waals surface area contributed by atoms with Crippen LogP contribution in [0.15, 0.2) is 64.4 Å². The molecule has 9 heteroatoms. The first-order valence-corrected chi connectivity index (χ1v) is 12.1. The number of esters is 1. The normalized spacial score (nSPS) is 12.1. The number of thiophene rings is 1. The molecule has 5 aromatic rings. The van der Waals surface area contributed by atoms with E-state index in [1.165, 1.54) is 0 Å². The lowest BCUT2D eigenvalue weighted by molar-refractivity contribution is 0.00695. The lowest BCUT2D eigenvalue weighted by Gasteiger charge is -2.20. The highest BCUT2D eigenvalue weighted by Crippen LogP contribution is 2.37. The number of hydrogen-bond acceptors (Lipinski definition) is 6. The standard InChI is InChI=1S/C27H22F2N2O4S/c1-27(2,3)35-25(33)23-16(24-30-17-9-5-6-10-18(17)31(24)26(28)29)14-36-22(23)13-19(32)21-12-15-8-4-7-11-20(15)34-21/h4-12,14,26H,13H2,1-3H3. The van der Waals surface area contributed by atoms with Crippen LogP contribution in [0.4, 0.5) is 8.78 Å². The van der Waals surface area contributed by atoms with Crippen molar-refractivity contribution in [3.8, 4) is 11.4 Å². The molecule has 2 aromatic carbocycles. The van der Waals surface area contributed by atoms with Gasteiger partial charge < -0.3 is 9.15 Å². The number of alkyl halides is 2. The third-order valence-corrected chi connectivity index (χ3v) is 6.51. The largest absolute Gasteiger partial charge is 0.456 e. The molecule has 0 fully saturated rings. The fourth-order valence-corrected chi connectivity index (χ4v) is 5.04. The van der Waals surface area contributed by atoms with E-state index in [0.717, 1.165) is 21.3 Å². The molecule has 0 saturated heterocycles. The summed E-state index contributed by atoms with van der Waals surface area (Å²) >= 11 is 1.12. The lowest BCUT2D eigenvalue weighted by atomic mass is 10.1. The van der Waals surface area contributed by atoms with Gasteiger partial charge in [0.15, 0.2) is 5.76 Å². The second-order valence-electron chi connectivity index (χ2n) is 9.27. The molecule has 0 unspecified atom stereocenters. The molecule has 0 aliphatic heterocycles. The minimum Gasteiger partial charge on any atom is -0.456 e. The Morgan fingerprint density at radius 1 is 1.11 bits per heavy atom. The minimum absolute atomic E-state index is 0.0524. The highest BCUT2D eigenvalue weighted by Gasteiger charge is 2.30. The summed E-state index contributed by atoms with van der Waals surface area (Å²) in [5, 5.41) is 2.35. The Morgan fingerprint density at radius 3 is 2.56 bits per heavy atom. The number of furan rings is 1. The number of benzene rings is 2. The zero-order valence-electron chi connectivity index (χ0n) is 19.7. The number of Topliss-reactive ketones (excluding diaryl/α,β-unsaturated/α-hetero) is 1. The van der Waals surface area contributed by atoms with E-state index in [2.05, 4.69) is 4.98 Å². The van der Waals surface area contributed by atoms with Gasteiger partial charge in [-0.15, -0.1) is 11.3 Å². The van der Waals surface area contributed by atoms with Crippen molar-refractivity contribution in [3.05, 3.63) is 76.2 Å². The summed E-state index contributed by atoms with van der Waals surface area (Å²) in [5.41, 5.74) is 0.595. The maximum Gasteiger partial charge on any atom is 0.340 e. The van der Waals surface area contributed by atoms with Gasteiger partial charge in [-0.2, -0.15) is 8.78 Å². The molecule has 6 nitrogen and oxygen atoms in total. The molecule has 0 aliphatic carbocycles. The molecule has 3 heterocycles. The summed E-state index contributed by atoms with van der Waals surface area (Å²) in [6.07, 6.45) is -0.159. The van der Waals surface area contributed by atoms with Gasteiger partial charge in [0.2, 0.25) is 5.78 Å². The van der Waals surface area contributed by atoms with Crippen LogP contribution in [0.2, 0.25) is 0 Å². The number of carbonyl (C=O) groups excluding carboxylic acids is 2. The van der Waals surface area contributed by atoms with Crippen LogP contribution in [0.5, 0.6) is 0 Å². The summed E-state index contributed by atoms with van der Waals surface area (Å²) in [6.45, 7) is 2.25. The fourth-order valence-electron chi connectivity index (χ4n) is 4.03. The number of aromatic nitrogens is 2. The van der Waals surface area contributed by atoms with Crippen molar-refractivity contribution in [1.82, 2.24) is 9.55 Å². The van der Waals surface area contributed by atoms with E-state index in [9.17, 15) is 18.4 Å². The molecule has 0 radical (unpaired) electrons. The average Bonchev–Trinajstić information content (AvgIpc) is 3.52. The molecular formula is C27H22F2N2O4S. The minimum atomic E-state index is -2.89. The molecular weight excluding hydrogens is 486 g/mol. The summed E-state index contributed by atoms with van der Waals surface area (Å²) in [4.78, 5) is 31.2. The van der Waals surface area contributed by atoms with Gasteiger partial charge in [-0.05, 0) is 45.0 Å². The van der Waals surface area contributed by atoms with E-state index >= 15 is 0 Å². The zero-order chi connectivity index (χ0) is 25.6. The van der Waals surface area contributed by atoms with Crippen molar-refractivity contribution in [1.29, 1.82) is 0 Å². The fraction of sp³-hybridized carbons (Fsp3) is 0.222. The number of rotatable bonds is 6. The van der Waals surface area contributed by atoms with Crippen LogP contribution >= 0.6 is 11.3 Å². The van der Waals surface area contributed by atoms with Gasteiger partial charge in [-0.25, -0.2) is 9.78 Å². The van der Waals surface area contributed by atoms with Crippen molar-refractivity contribution in [2.45, 2.75) is 39.3 Å². The van der Waals surface area contributed by atoms with Crippen LogP contribution in [0, 0.1) is 0 Å². The number of halogens is 2. The number of ketones is 1. The van der Waals surface area contributed by atoms with Crippen molar-refractivity contribution in [2.24, 2.45) is 0 Å². The maximum atomic E-state index is 14.2. The van der Waals surface area contributed by atoms with Crippen LogP contribution in [0.25, 0.3) is 33.4 Å². The van der Waals surface area contributed by atoms with E-state index < -0.39 is 18.1 Å². The Morgan fingerprint density at radius 2 is 1.83 bits per heavy atom. The SMILES string of the molecule is CC(C)(C)OC(=O)c1c(-c2nc3ccccc3n2C(F)F)csc1CC(=O)c1cc2ccccc2o1. The maximum absolute atomic E-state index is 14.2. The molecule has 0 saturated carbocycles. The highest BCUT2D eigenvalue weighted by atomic mass is 32.1. The van der Waals surface area contributed by atoms with Crippen molar-refractivity contribution >= 4 is 45.1 Å². The number of fused-ring (bicyclic) bond motifs is 2.